The predicted molar refractivity (Wildman–Crippen MR) is 73.0 cm³/mol. The maximum atomic E-state index is 11.4. The van der Waals surface area contributed by atoms with Gasteiger partial charge in [0, 0.05) is 11.0 Å². The van der Waals surface area contributed by atoms with Crippen molar-refractivity contribution in [3.63, 3.8) is 0 Å². The van der Waals surface area contributed by atoms with E-state index < -0.39 is 0 Å². The Labute approximate surface area is 111 Å². The maximum Gasteiger partial charge on any atom is 0.207 e. The normalized spacial score (nSPS) is 10.8. The lowest BCUT2D eigenvalue weighted by atomic mass is 9.95. The summed E-state index contributed by atoms with van der Waals surface area (Å²) in [5.41, 5.74) is 0.917. The molecule has 17 heavy (non-hydrogen) atoms. The largest absolute Gasteiger partial charge is 0.358 e. The summed E-state index contributed by atoms with van der Waals surface area (Å²) in [6.07, 6.45) is 0.606. The summed E-state index contributed by atoms with van der Waals surface area (Å²) in [7, 11) is 0. The van der Waals surface area contributed by atoms with E-state index in [1.54, 1.807) is 0 Å². The molecule has 0 aliphatic rings. The summed E-state index contributed by atoms with van der Waals surface area (Å²) in [6, 6.07) is 7.52. The van der Waals surface area contributed by atoms with Crippen LogP contribution in [0.5, 0.6) is 0 Å². The van der Waals surface area contributed by atoms with E-state index in [4.69, 9.17) is 0 Å². The monoisotopic (exact) mass is 299 g/mol. The van der Waals surface area contributed by atoms with Crippen molar-refractivity contribution in [3.05, 3.63) is 34.3 Å². The molecule has 1 amide bonds. The van der Waals surface area contributed by atoms with Crippen molar-refractivity contribution in [2.45, 2.75) is 26.7 Å². The van der Waals surface area contributed by atoms with Gasteiger partial charge in [-0.15, -0.1) is 0 Å². The second-order valence-electron chi connectivity index (χ2n) is 3.24. The Morgan fingerprint density at radius 1 is 1.35 bits per heavy atom. The molecule has 0 aromatic heterocycles. The Morgan fingerprint density at radius 3 is 2.29 bits per heavy atom. The molecule has 1 aromatic carbocycles. The van der Waals surface area contributed by atoms with E-state index in [-0.39, 0.29) is 11.7 Å². The van der Waals surface area contributed by atoms with Gasteiger partial charge < -0.3 is 5.32 Å². The van der Waals surface area contributed by atoms with Crippen molar-refractivity contribution in [1.29, 1.82) is 0 Å². The summed E-state index contributed by atoms with van der Waals surface area (Å²) < 4.78 is 0.969. The van der Waals surface area contributed by atoms with Gasteiger partial charge in [0.2, 0.25) is 6.41 Å². The lowest BCUT2D eigenvalue weighted by Gasteiger charge is -2.13. The highest BCUT2D eigenvalue weighted by Crippen LogP contribution is 2.19. The highest BCUT2D eigenvalue weighted by Gasteiger charge is 2.15. The minimum absolute atomic E-state index is 0.0478. The second-order valence-corrected chi connectivity index (χ2v) is 4.16. The number of halogens is 1. The fraction of sp³-hybridized carbons (Fsp3) is 0.385. The van der Waals surface area contributed by atoms with Crippen molar-refractivity contribution < 1.29 is 9.59 Å². The van der Waals surface area contributed by atoms with E-state index in [0.29, 0.717) is 13.0 Å². The molecule has 1 unspecified atom stereocenters. The second kappa shape index (κ2) is 8.93. The molecule has 0 aliphatic carbocycles. The third-order valence-electron chi connectivity index (χ3n) is 2.17. The number of carbonyl (C=O) groups excluding carboxylic acids is 2. The maximum absolute atomic E-state index is 11.4. The van der Waals surface area contributed by atoms with Crippen LogP contribution in [0.25, 0.3) is 0 Å². The number of hydrogen-bond acceptors (Lipinski definition) is 2. The quantitative estimate of drug-likeness (QED) is 0.850. The predicted octanol–water partition coefficient (Wildman–Crippen LogP) is 2.89. The van der Waals surface area contributed by atoms with Crippen molar-refractivity contribution >= 4 is 28.1 Å². The molecule has 1 aromatic rings. The molecule has 1 atom stereocenters. The number of amides is 1. The van der Waals surface area contributed by atoms with Crippen LogP contribution in [0.1, 0.15) is 32.3 Å². The van der Waals surface area contributed by atoms with Crippen LogP contribution in [-0.4, -0.2) is 18.7 Å². The average molecular weight is 300 g/mol. The zero-order chi connectivity index (χ0) is 13.3. The fourth-order valence-corrected chi connectivity index (χ4v) is 1.62. The number of ketones is 1. The molecular formula is C13H18BrNO2. The number of rotatable bonds is 5. The first-order chi connectivity index (χ1) is 8.15. The molecule has 0 bridgehead atoms. The van der Waals surface area contributed by atoms with Crippen LogP contribution >= 0.6 is 15.9 Å². The number of Topliss-reactive ketones (excluding diaryl/α,β-unsaturated/α-hetero) is 1. The van der Waals surface area contributed by atoms with Gasteiger partial charge in [-0.2, -0.15) is 0 Å². The van der Waals surface area contributed by atoms with Crippen LogP contribution in [0.15, 0.2) is 28.7 Å². The van der Waals surface area contributed by atoms with E-state index in [0.717, 1.165) is 10.0 Å². The first-order valence-electron chi connectivity index (χ1n) is 5.58. The standard InChI is InChI=1S/C11H12BrNO2.C2H6/c1-8(15)11(6-13-7-14)9-2-4-10(12)5-3-9;1-2/h2-5,7,11H,6H2,1H3,(H,13,14);1-2H3. The number of carbonyl (C=O) groups is 2. The summed E-state index contributed by atoms with van der Waals surface area (Å²) in [5.74, 6) is -0.213. The van der Waals surface area contributed by atoms with Gasteiger partial charge in [0.1, 0.15) is 5.78 Å². The van der Waals surface area contributed by atoms with Crippen molar-refractivity contribution in [3.8, 4) is 0 Å². The van der Waals surface area contributed by atoms with Crippen LogP contribution in [0, 0.1) is 0 Å². The highest BCUT2D eigenvalue weighted by molar-refractivity contribution is 9.10. The van der Waals surface area contributed by atoms with E-state index in [1.807, 2.05) is 38.1 Å². The molecule has 0 saturated carbocycles. The fourth-order valence-electron chi connectivity index (χ4n) is 1.36. The van der Waals surface area contributed by atoms with Crippen molar-refractivity contribution in [2.24, 2.45) is 0 Å². The molecule has 4 heteroatoms. The van der Waals surface area contributed by atoms with Gasteiger partial charge in [0.15, 0.2) is 0 Å². The van der Waals surface area contributed by atoms with Gasteiger partial charge in [-0.05, 0) is 24.6 Å². The SMILES string of the molecule is CC.CC(=O)C(CNC=O)c1ccc(Br)cc1. The Bertz CT molecular complexity index is 349. The van der Waals surface area contributed by atoms with E-state index in [9.17, 15) is 9.59 Å². The highest BCUT2D eigenvalue weighted by atomic mass is 79.9. The molecule has 0 heterocycles. The van der Waals surface area contributed by atoms with Gasteiger partial charge in [-0.3, -0.25) is 9.59 Å². The summed E-state index contributed by atoms with van der Waals surface area (Å²) in [4.78, 5) is 21.6. The van der Waals surface area contributed by atoms with E-state index >= 15 is 0 Å². The summed E-state index contributed by atoms with van der Waals surface area (Å²) >= 11 is 3.33. The lowest BCUT2D eigenvalue weighted by molar-refractivity contribution is -0.118. The zero-order valence-corrected chi connectivity index (χ0v) is 12.0. The first-order valence-corrected chi connectivity index (χ1v) is 6.37. The molecule has 1 rings (SSSR count). The molecule has 0 saturated heterocycles. The minimum Gasteiger partial charge on any atom is -0.358 e. The third-order valence-corrected chi connectivity index (χ3v) is 2.70. The molecular weight excluding hydrogens is 282 g/mol. The van der Waals surface area contributed by atoms with Gasteiger partial charge in [0.05, 0.1) is 5.92 Å². The molecule has 0 spiro atoms. The Hall–Kier alpha value is -1.16. The van der Waals surface area contributed by atoms with E-state index in [2.05, 4.69) is 21.2 Å². The van der Waals surface area contributed by atoms with Gasteiger partial charge in [-0.25, -0.2) is 0 Å². The third kappa shape index (κ3) is 5.63. The topological polar surface area (TPSA) is 46.2 Å². The van der Waals surface area contributed by atoms with Crippen LogP contribution in [-0.2, 0) is 9.59 Å². The number of hydrogen-bond donors (Lipinski definition) is 1. The molecule has 94 valence electrons. The minimum atomic E-state index is -0.261. The number of benzene rings is 1. The lowest BCUT2D eigenvalue weighted by Crippen LogP contribution is -2.24. The molecule has 0 fully saturated rings. The van der Waals surface area contributed by atoms with Gasteiger partial charge >= 0.3 is 0 Å². The molecule has 0 radical (unpaired) electrons. The molecule has 1 N–H and O–H groups in total. The van der Waals surface area contributed by atoms with Crippen LogP contribution < -0.4 is 5.32 Å². The Morgan fingerprint density at radius 2 is 1.88 bits per heavy atom. The summed E-state index contributed by atoms with van der Waals surface area (Å²) in [5, 5.41) is 2.53. The molecule has 3 nitrogen and oxygen atoms in total. The van der Waals surface area contributed by atoms with Gasteiger partial charge in [-0.1, -0.05) is 41.9 Å². The van der Waals surface area contributed by atoms with Crippen LogP contribution in [0.2, 0.25) is 0 Å². The zero-order valence-electron chi connectivity index (χ0n) is 10.4. The van der Waals surface area contributed by atoms with Gasteiger partial charge in [0.25, 0.3) is 0 Å². The Kier molecular flexibility index (Phi) is 8.32. The molecule has 0 aliphatic heterocycles. The number of nitrogens with one attached hydrogen (secondary N) is 1. The average Bonchev–Trinajstić information content (AvgIpc) is 2.34. The summed E-state index contributed by atoms with van der Waals surface area (Å²) in [6.45, 7) is 5.87. The first kappa shape index (κ1) is 15.8. The van der Waals surface area contributed by atoms with Crippen LogP contribution in [0.4, 0.5) is 0 Å². The smallest absolute Gasteiger partial charge is 0.207 e. The van der Waals surface area contributed by atoms with Crippen LogP contribution in [0.3, 0.4) is 0 Å². The van der Waals surface area contributed by atoms with Crippen molar-refractivity contribution in [2.75, 3.05) is 6.54 Å². The Balaban J connectivity index is 0.00000121. The van der Waals surface area contributed by atoms with Crippen molar-refractivity contribution in [1.82, 2.24) is 5.32 Å². The van der Waals surface area contributed by atoms with E-state index in [1.165, 1.54) is 6.92 Å².